The molecule has 8 heteroatoms. The van der Waals surface area contributed by atoms with Crippen LogP contribution >= 0.6 is 0 Å². The molecular formula is C22H26N2O5S. The van der Waals surface area contributed by atoms with Gasteiger partial charge in [-0.3, -0.25) is 9.59 Å². The van der Waals surface area contributed by atoms with Crippen LogP contribution in [0.25, 0.3) is 0 Å². The van der Waals surface area contributed by atoms with Crippen LogP contribution in [-0.2, 0) is 20.3 Å². The van der Waals surface area contributed by atoms with Gasteiger partial charge in [0, 0.05) is 25.3 Å². The maximum absolute atomic E-state index is 13.2. The summed E-state index contributed by atoms with van der Waals surface area (Å²) in [6, 6.07) is 11.8. The second-order valence-corrected chi connectivity index (χ2v) is 7.96. The van der Waals surface area contributed by atoms with Crippen LogP contribution in [0.5, 0.6) is 0 Å². The van der Waals surface area contributed by atoms with Gasteiger partial charge in [-0.15, -0.1) is 0 Å². The average molecular weight is 431 g/mol. The Bertz CT molecular complexity index is 956. The molecule has 0 fully saturated rings. The molecule has 30 heavy (non-hydrogen) atoms. The van der Waals surface area contributed by atoms with E-state index in [9.17, 15) is 13.8 Å². The van der Waals surface area contributed by atoms with E-state index >= 15 is 0 Å². The van der Waals surface area contributed by atoms with Crippen molar-refractivity contribution in [2.75, 3.05) is 31.2 Å². The van der Waals surface area contributed by atoms with Gasteiger partial charge in [-0.25, -0.2) is 4.21 Å². The molecule has 0 radical (unpaired) electrons. The van der Waals surface area contributed by atoms with E-state index in [-0.39, 0.29) is 18.4 Å². The number of amides is 2. The first kappa shape index (κ1) is 22.1. The first-order valence-corrected chi connectivity index (χ1v) is 11.1. The monoisotopic (exact) mass is 430 g/mol. The van der Waals surface area contributed by atoms with Gasteiger partial charge in [0.2, 0.25) is 0 Å². The fourth-order valence-electron chi connectivity index (χ4n) is 3.33. The van der Waals surface area contributed by atoms with E-state index in [1.54, 1.807) is 47.4 Å². The van der Waals surface area contributed by atoms with Gasteiger partial charge in [-0.2, -0.15) is 0 Å². The maximum Gasteiger partial charge on any atom is 0.259 e. The minimum Gasteiger partial charge on any atom is -0.351 e. The van der Waals surface area contributed by atoms with E-state index in [0.717, 1.165) is 0 Å². The Hall–Kier alpha value is -2.55. The summed E-state index contributed by atoms with van der Waals surface area (Å²) in [5, 5.41) is 2.80. The van der Waals surface area contributed by atoms with Crippen molar-refractivity contribution in [2.24, 2.45) is 0 Å². The smallest absolute Gasteiger partial charge is 0.259 e. The predicted molar refractivity (Wildman–Crippen MR) is 114 cm³/mol. The van der Waals surface area contributed by atoms with Gasteiger partial charge in [0.25, 0.3) is 11.8 Å². The predicted octanol–water partition coefficient (Wildman–Crippen LogP) is 2.96. The van der Waals surface area contributed by atoms with E-state index in [1.807, 2.05) is 20.8 Å². The highest BCUT2D eigenvalue weighted by Crippen LogP contribution is 2.35. The molecule has 0 saturated heterocycles. The molecule has 7 nitrogen and oxygen atoms in total. The van der Waals surface area contributed by atoms with Gasteiger partial charge in [-0.05, 0) is 51.1 Å². The van der Waals surface area contributed by atoms with Gasteiger partial charge in [0.15, 0.2) is 6.29 Å². The van der Waals surface area contributed by atoms with Crippen molar-refractivity contribution in [3.8, 4) is 0 Å². The van der Waals surface area contributed by atoms with Crippen LogP contribution in [0.3, 0.4) is 0 Å². The molecule has 0 aromatic heterocycles. The number of hydrogen-bond acceptors (Lipinski definition) is 5. The topological polar surface area (TPSA) is 84.9 Å². The van der Waals surface area contributed by atoms with Crippen molar-refractivity contribution in [3.05, 3.63) is 53.6 Å². The van der Waals surface area contributed by atoms with Gasteiger partial charge in [-0.1, -0.05) is 12.1 Å². The summed E-state index contributed by atoms with van der Waals surface area (Å²) in [5.41, 5.74) is 1.27. The normalized spacial score (nSPS) is 15.5. The molecule has 1 unspecified atom stereocenters. The Morgan fingerprint density at radius 1 is 1.07 bits per heavy atom. The third kappa shape index (κ3) is 4.45. The van der Waals surface area contributed by atoms with Crippen LogP contribution in [-0.4, -0.2) is 48.6 Å². The van der Waals surface area contributed by atoms with E-state index in [0.29, 0.717) is 46.4 Å². The van der Waals surface area contributed by atoms with Gasteiger partial charge < -0.3 is 19.7 Å². The highest BCUT2D eigenvalue weighted by atomic mass is 32.2. The van der Waals surface area contributed by atoms with Crippen LogP contribution < -0.4 is 10.2 Å². The summed E-state index contributed by atoms with van der Waals surface area (Å²) in [4.78, 5) is 28.3. The largest absolute Gasteiger partial charge is 0.351 e. The molecule has 0 bridgehead atoms. The van der Waals surface area contributed by atoms with Gasteiger partial charge in [0.1, 0.15) is 0 Å². The fraction of sp³-hybridized carbons (Fsp3) is 0.364. The van der Waals surface area contributed by atoms with Crippen molar-refractivity contribution < 1.29 is 23.3 Å². The number of carbonyl (C=O) groups is 2. The Morgan fingerprint density at radius 3 is 2.43 bits per heavy atom. The molecule has 3 rings (SSSR count). The molecule has 1 aliphatic heterocycles. The van der Waals surface area contributed by atoms with Crippen LogP contribution in [0, 0.1) is 0 Å². The number of ether oxygens (including phenoxy) is 2. The number of rotatable bonds is 8. The third-order valence-electron chi connectivity index (χ3n) is 4.72. The number of nitrogens with zero attached hydrogens (tertiary/aromatic N) is 1. The van der Waals surface area contributed by atoms with Crippen LogP contribution in [0.1, 0.15) is 41.5 Å². The quantitative estimate of drug-likeness (QED) is 0.651. The molecule has 160 valence electrons. The summed E-state index contributed by atoms with van der Waals surface area (Å²) in [5.74, 6) is -0.552. The summed E-state index contributed by atoms with van der Waals surface area (Å²) in [6.45, 7) is 7.09. The molecule has 0 saturated carbocycles. The first-order chi connectivity index (χ1) is 14.5. The number of nitrogens with one attached hydrogen (secondary N) is 1. The van der Waals surface area contributed by atoms with Crippen molar-refractivity contribution in [1.29, 1.82) is 0 Å². The second-order valence-electron chi connectivity index (χ2n) is 6.55. The van der Waals surface area contributed by atoms with Gasteiger partial charge in [0.05, 0.1) is 38.4 Å². The van der Waals surface area contributed by atoms with Crippen LogP contribution in [0.4, 0.5) is 5.69 Å². The molecule has 0 spiro atoms. The molecule has 2 aromatic rings. The third-order valence-corrected chi connectivity index (χ3v) is 6.22. The number of benzene rings is 2. The number of anilines is 1. The van der Waals surface area contributed by atoms with E-state index in [1.165, 1.54) is 0 Å². The number of carbonyl (C=O) groups excluding carboxylic acids is 2. The average Bonchev–Trinajstić information content (AvgIpc) is 2.85. The van der Waals surface area contributed by atoms with Crippen molar-refractivity contribution in [1.82, 2.24) is 5.32 Å². The first-order valence-electron chi connectivity index (χ1n) is 9.99. The van der Waals surface area contributed by atoms with E-state index in [4.69, 9.17) is 9.47 Å². The Kier molecular flexibility index (Phi) is 7.36. The lowest BCUT2D eigenvalue weighted by Gasteiger charge is -2.22. The number of fused-ring (bicyclic) bond motifs is 2. The summed E-state index contributed by atoms with van der Waals surface area (Å²) >= 11 is 0. The van der Waals surface area contributed by atoms with E-state index < -0.39 is 17.1 Å². The summed E-state index contributed by atoms with van der Waals surface area (Å²) in [7, 11) is -1.52. The Morgan fingerprint density at radius 2 is 1.77 bits per heavy atom. The zero-order valence-corrected chi connectivity index (χ0v) is 18.2. The summed E-state index contributed by atoms with van der Waals surface area (Å²) in [6.07, 6.45) is -0.527. The minimum atomic E-state index is -1.52. The zero-order chi connectivity index (χ0) is 21.7. The van der Waals surface area contributed by atoms with Crippen LogP contribution in [0.2, 0.25) is 0 Å². The lowest BCUT2D eigenvalue weighted by molar-refractivity contribution is -0.131. The molecule has 1 atom stereocenters. The molecule has 1 N–H and O–H groups in total. The lowest BCUT2D eigenvalue weighted by atomic mass is 10.1. The van der Waals surface area contributed by atoms with Gasteiger partial charge >= 0.3 is 0 Å². The lowest BCUT2D eigenvalue weighted by Crippen LogP contribution is -2.35. The van der Waals surface area contributed by atoms with Crippen LogP contribution in [0.15, 0.2) is 52.3 Å². The Balaban J connectivity index is 1.91. The maximum atomic E-state index is 13.2. The minimum absolute atomic E-state index is 0.200. The van der Waals surface area contributed by atoms with E-state index in [2.05, 4.69) is 5.32 Å². The van der Waals surface area contributed by atoms with Crippen molar-refractivity contribution in [3.63, 3.8) is 0 Å². The molecule has 2 amide bonds. The summed E-state index contributed by atoms with van der Waals surface area (Å²) < 4.78 is 24.1. The molecule has 1 aliphatic rings. The molecule has 1 heterocycles. The van der Waals surface area contributed by atoms with Crippen molar-refractivity contribution in [2.45, 2.75) is 36.9 Å². The Labute approximate surface area is 178 Å². The molecule has 0 aliphatic carbocycles. The second kappa shape index (κ2) is 9.97. The molecular weight excluding hydrogens is 404 g/mol. The SMILES string of the molecule is CCOC(CNC(=O)c1ccc2c(c1)N(CC)C(=O)c1ccccc1S2=O)OCC. The van der Waals surface area contributed by atoms with Crippen molar-refractivity contribution >= 4 is 28.3 Å². The standard InChI is InChI=1S/C22H26N2O5S/c1-4-24-17-13-15(21(25)23-14-20(28-5-2)29-6-3)11-12-19(17)30(27)18-10-8-7-9-16(18)22(24)26/h7-13,20H,4-6,14H2,1-3H3,(H,23,25). The molecule has 2 aromatic carbocycles. The fourth-order valence-corrected chi connectivity index (χ4v) is 4.68. The number of hydrogen-bond donors (Lipinski definition) is 1. The highest BCUT2D eigenvalue weighted by molar-refractivity contribution is 7.85. The zero-order valence-electron chi connectivity index (χ0n) is 17.3. The highest BCUT2D eigenvalue weighted by Gasteiger charge is 2.30.